The van der Waals surface area contributed by atoms with E-state index in [1.807, 2.05) is 30.3 Å². The van der Waals surface area contributed by atoms with E-state index in [9.17, 15) is 9.59 Å². The Kier molecular flexibility index (Phi) is 6.15. The topological polar surface area (TPSA) is 58.2 Å². The van der Waals surface area contributed by atoms with Crippen LogP contribution in [-0.4, -0.2) is 11.8 Å². The molecule has 5 heteroatoms. The van der Waals surface area contributed by atoms with Gasteiger partial charge in [-0.1, -0.05) is 18.2 Å². The van der Waals surface area contributed by atoms with Crippen molar-refractivity contribution < 1.29 is 9.59 Å². The molecule has 0 fully saturated rings. The van der Waals surface area contributed by atoms with E-state index in [1.54, 1.807) is 11.3 Å². The molecule has 2 N–H and O–H groups in total. The molecule has 2 amide bonds. The summed E-state index contributed by atoms with van der Waals surface area (Å²) in [4.78, 5) is 24.0. The molecule has 0 aliphatic carbocycles. The van der Waals surface area contributed by atoms with E-state index in [4.69, 9.17) is 0 Å². The van der Waals surface area contributed by atoms with Crippen LogP contribution in [0.15, 0.2) is 41.8 Å². The van der Waals surface area contributed by atoms with Crippen molar-refractivity contribution in [1.82, 2.24) is 5.32 Å². The molecule has 0 saturated heterocycles. The highest BCUT2D eigenvalue weighted by Gasteiger charge is 2.03. The largest absolute Gasteiger partial charge is 0.352 e. The molecule has 0 aliphatic rings. The van der Waals surface area contributed by atoms with Gasteiger partial charge in [-0.15, -0.1) is 11.3 Å². The molecule has 4 nitrogen and oxygen atoms in total. The first kappa shape index (κ1) is 16.2. The number of aryl methyl sites for hydroxylation is 1. The SMILES string of the molecule is CC(=O)Nc1ccc(CNC(=O)CCCc2cccs2)cc1. The first-order chi connectivity index (χ1) is 10.6. The Morgan fingerprint density at radius 3 is 2.55 bits per heavy atom. The normalized spacial score (nSPS) is 10.2. The zero-order valence-corrected chi connectivity index (χ0v) is 13.4. The van der Waals surface area contributed by atoms with Gasteiger partial charge in [0.1, 0.15) is 0 Å². The van der Waals surface area contributed by atoms with Crippen molar-refractivity contribution >= 4 is 28.8 Å². The molecule has 2 rings (SSSR count). The fourth-order valence-electron chi connectivity index (χ4n) is 2.08. The maximum Gasteiger partial charge on any atom is 0.221 e. The van der Waals surface area contributed by atoms with Crippen LogP contribution in [0.1, 0.15) is 30.2 Å². The summed E-state index contributed by atoms with van der Waals surface area (Å²) >= 11 is 1.73. The van der Waals surface area contributed by atoms with Crippen LogP contribution in [0.2, 0.25) is 0 Å². The standard InChI is InChI=1S/C17H20N2O2S/c1-13(20)19-15-9-7-14(8-10-15)12-18-17(21)6-2-4-16-5-3-11-22-16/h3,5,7-11H,2,4,6,12H2,1H3,(H,18,21)(H,19,20). The van der Waals surface area contributed by atoms with Crippen LogP contribution in [-0.2, 0) is 22.6 Å². The smallest absolute Gasteiger partial charge is 0.221 e. The van der Waals surface area contributed by atoms with Crippen molar-refractivity contribution in [2.45, 2.75) is 32.7 Å². The summed E-state index contributed by atoms with van der Waals surface area (Å²) in [5.41, 5.74) is 1.78. The zero-order chi connectivity index (χ0) is 15.8. The molecule has 0 bridgehead atoms. The van der Waals surface area contributed by atoms with Crippen molar-refractivity contribution in [3.63, 3.8) is 0 Å². The predicted octanol–water partition coefficient (Wildman–Crippen LogP) is 3.35. The highest BCUT2D eigenvalue weighted by atomic mass is 32.1. The van der Waals surface area contributed by atoms with Crippen LogP contribution in [0.5, 0.6) is 0 Å². The van der Waals surface area contributed by atoms with Crippen LogP contribution in [0.3, 0.4) is 0 Å². The Bertz CT molecular complexity index is 606. The van der Waals surface area contributed by atoms with Gasteiger partial charge in [-0.05, 0) is 42.0 Å². The number of hydrogen-bond donors (Lipinski definition) is 2. The number of carbonyl (C=O) groups is 2. The van der Waals surface area contributed by atoms with E-state index in [1.165, 1.54) is 11.8 Å². The predicted molar refractivity (Wildman–Crippen MR) is 89.8 cm³/mol. The number of hydrogen-bond acceptors (Lipinski definition) is 3. The van der Waals surface area contributed by atoms with E-state index in [0.717, 1.165) is 24.1 Å². The second kappa shape index (κ2) is 8.34. The Hall–Kier alpha value is -2.14. The number of amides is 2. The summed E-state index contributed by atoms with van der Waals surface area (Å²) < 4.78 is 0. The number of anilines is 1. The summed E-state index contributed by atoms with van der Waals surface area (Å²) in [7, 11) is 0. The van der Waals surface area contributed by atoms with Crippen molar-refractivity contribution in [3.8, 4) is 0 Å². The van der Waals surface area contributed by atoms with Crippen molar-refractivity contribution in [2.24, 2.45) is 0 Å². The first-order valence-electron chi connectivity index (χ1n) is 7.29. The summed E-state index contributed by atoms with van der Waals surface area (Å²) in [6.07, 6.45) is 2.37. The molecule has 0 saturated carbocycles. The fourth-order valence-corrected chi connectivity index (χ4v) is 2.83. The molecule has 0 unspecified atom stereocenters. The van der Waals surface area contributed by atoms with E-state index < -0.39 is 0 Å². The van der Waals surface area contributed by atoms with Gasteiger partial charge in [-0.2, -0.15) is 0 Å². The fraction of sp³-hybridized carbons (Fsp3) is 0.294. The minimum atomic E-state index is -0.0909. The average molecular weight is 316 g/mol. The minimum Gasteiger partial charge on any atom is -0.352 e. The molecule has 0 radical (unpaired) electrons. The third kappa shape index (κ3) is 5.69. The van der Waals surface area contributed by atoms with E-state index >= 15 is 0 Å². The molecule has 0 aliphatic heterocycles. The van der Waals surface area contributed by atoms with Gasteiger partial charge in [-0.3, -0.25) is 9.59 Å². The summed E-state index contributed by atoms with van der Waals surface area (Å²) in [6.45, 7) is 1.99. The summed E-state index contributed by atoms with van der Waals surface area (Å²) in [5, 5.41) is 7.68. The molecule has 1 heterocycles. The van der Waals surface area contributed by atoms with Crippen LogP contribution in [0.25, 0.3) is 0 Å². The molecule has 22 heavy (non-hydrogen) atoms. The maximum atomic E-state index is 11.8. The van der Waals surface area contributed by atoms with Crippen LogP contribution >= 0.6 is 11.3 Å². The maximum absolute atomic E-state index is 11.8. The highest BCUT2D eigenvalue weighted by Crippen LogP contribution is 2.12. The molecular formula is C17H20N2O2S. The van der Waals surface area contributed by atoms with Crippen molar-refractivity contribution in [2.75, 3.05) is 5.32 Å². The Labute approximate surface area is 134 Å². The van der Waals surface area contributed by atoms with E-state index in [2.05, 4.69) is 22.1 Å². The van der Waals surface area contributed by atoms with Gasteiger partial charge >= 0.3 is 0 Å². The van der Waals surface area contributed by atoms with Crippen molar-refractivity contribution in [3.05, 3.63) is 52.2 Å². The molecule has 0 atom stereocenters. The van der Waals surface area contributed by atoms with Gasteiger partial charge in [0.05, 0.1) is 0 Å². The first-order valence-corrected chi connectivity index (χ1v) is 8.17. The molecule has 1 aromatic carbocycles. The third-order valence-corrected chi connectivity index (χ3v) is 4.11. The van der Waals surface area contributed by atoms with Gasteiger partial charge in [0.2, 0.25) is 11.8 Å². The number of rotatable bonds is 7. The van der Waals surface area contributed by atoms with Crippen molar-refractivity contribution in [1.29, 1.82) is 0 Å². The molecular weight excluding hydrogens is 296 g/mol. The van der Waals surface area contributed by atoms with Crippen LogP contribution in [0.4, 0.5) is 5.69 Å². The summed E-state index contributed by atoms with van der Waals surface area (Å²) in [5.74, 6) is -0.0192. The van der Waals surface area contributed by atoms with E-state index in [0.29, 0.717) is 13.0 Å². The van der Waals surface area contributed by atoms with Gasteiger partial charge in [0, 0.05) is 30.5 Å². The minimum absolute atomic E-state index is 0.0718. The van der Waals surface area contributed by atoms with Gasteiger partial charge in [-0.25, -0.2) is 0 Å². The number of thiophene rings is 1. The second-order valence-corrected chi connectivity index (χ2v) is 6.12. The highest BCUT2D eigenvalue weighted by molar-refractivity contribution is 7.09. The van der Waals surface area contributed by atoms with Gasteiger partial charge < -0.3 is 10.6 Å². The lowest BCUT2D eigenvalue weighted by molar-refractivity contribution is -0.121. The third-order valence-electron chi connectivity index (χ3n) is 3.17. The quantitative estimate of drug-likeness (QED) is 0.823. The lowest BCUT2D eigenvalue weighted by Gasteiger charge is -2.07. The summed E-state index contributed by atoms with van der Waals surface area (Å²) in [6, 6.07) is 11.6. The lowest BCUT2D eigenvalue weighted by Crippen LogP contribution is -2.22. The van der Waals surface area contributed by atoms with Crippen LogP contribution < -0.4 is 10.6 Å². The Morgan fingerprint density at radius 1 is 1.14 bits per heavy atom. The number of nitrogens with one attached hydrogen (secondary N) is 2. The molecule has 1 aromatic heterocycles. The Balaban J connectivity index is 1.68. The molecule has 2 aromatic rings. The van der Waals surface area contributed by atoms with Gasteiger partial charge in [0.25, 0.3) is 0 Å². The number of carbonyl (C=O) groups excluding carboxylic acids is 2. The molecule has 0 spiro atoms. The lowest BCUT2D eigenvalue weighted by atomic mass is 10.2. The van der Waals surface area contributed by atoms with Gasteiger partial charge in [0.15, 0.2) is 0 Å². The van der Waals surface area contributed by atoms with E-state index in [-0.39, 0.29) is 11.8 Å². The second-order valence-electron chi connectivity index (χ2n) is 5.09. The average Bonchev–Trinajstić information content (AvgIpc) is 2.99. The molecule has 116 valence electrons. The Morgan fingerprint density at radius 2 is 1.91 bits per heavy atom. The zero-order valence-electron chi connectivity index (χ0n) is 12.6. The van der Waals surface area contributed by atoms with Crippen LogP contribution in [0, 0.1) is 0 Å². The number of benzene rings is 1. The monoisotopic (exact) mass is 316 g/mol.